The van der Waals surface area contributed by atoms with E-state index < -0.39 is 0 Å². The van der Waals surface area contributed by atoms with Gasteiger partial charge in [0.25, 0.3) is 0 Å². The molecular weight excluding hydrogens is 208 g/mol. The van der Waals surface area contributed by atoms with Crippen molar-refractivity contribution in [1.29, 1.82) is 0 Å². The normalized spacial score (nSPS) is 13.5. The zero-order valence-corrected chi connectivity index (χ0v) is 12.2. The van der Waals surface area contributed by atoms with Crippen molar-refractivity contribution in [3.8, 4) is 0 Å². The predicted molar refractivity (Wildman–Crippen MR) is 69.0 cm³/mol. The fourth-order valence-corrected chi connectivity index (χ4v) is 3.23. The van der Waals surface area contributed by atoms with Gasteiger partial charge in [0.2, 0.25) is 0 Å². The zero-order chi connectivity index (χ0) is 10.7. The molecular formula is C12H19ClSi. The molecule has 0 aromatic heterocycles. The van der Waals surface area contributed by atoms with E-state index in [0.717, 1.165) is 16.7 Å². The van der Waals surface area contributed by atoms with Gasteiger partial charge in [-0.1, -0.05) is 44.2 Å². The van der Waals surface area contributed by atoms with Gasteiger partial charge in [0.05, 0.1) is 5.38 Å². The number of benzene rings is 1. The second-order valence-electron chi connectivity index (χ2n) is 4.11. The van der Waals surface area contributed by atoms with Gasteiger partial charge in [0.1, 0.15) is 0 Å². The van der Waals surface area contributed by atoms with Gasteiger partial charge in [-0.25, -0.2) is 0 Å². The minimum Gasteiger partial charge on any atom is -0.118 e. The largest absolute Gasteiger partial charge is 0.118 e. The standard InChI is InChI=1S/C12H19ClSi/c1-4-10(13)9-6-5-7-11(14)12(9)8(2)3/h5-8,10H,4H2,1-3,14H3. The van der Waals surface area contributed by atoms with Crippen LogP contribution in [-0.4, -0.2) is 10.2 Å². The molecule has 0 fully saturated rings. The second-order valence-corrected chi connectivity index (χ2v) is 5.71. The monoisotopic (exact) mass is 226 g/mol. The van der Waals surface area contributed by atoms with Crippen molar-refractivity contribution in [2.45, 2.75) is 38.5 Å². The van der Waals surface area contributed by atoms with Crippen molar-refractivity contribution < 1.29 is 0 Å². The molecule has 78 valence electrons. The third-order valence-electron chi connectivity index (χ3n) is 2.63. The highest BCUT2D eigenvalue weighted by Gasteiger charge is 2.14. The molecule has 2 heteroatoms. The number of rotatable bonds is 3. The van der Waals surface area contributed by atoms with Crippen molar-refractivity contribution in [1.82, 2.24) is 0 Å². The Bertz CT molecular complexity index is 307. The Kier molecular flexibility index (Phi) is 4.21. The lowest BCUT2D eigenvalue weighted by Gasteiger charge is -2.18. The number of hydrogen-bond acceptors (Lipinski definition) is 0. The minimum atomic E-state index is 0.182. The maximum atomic E-state index is 6.33. The van der Waals surface area contributed by atoms with Crippen LogP contribution in [-0.2, 0) is 0 Å². The summed E-state index contributed by atoms with van der Waals surface area (Å²) in [6.45, 7) is 6.64. The molecule has 0 N–H and O–H groups in total. The fraction of sp³-hybridized carbons (Fsp3) is 0.500. The third-order valence-corrected chi connectivity index (χ3v) is 4.05. The van der Waals surface area contributed by atoms with Crippen LogP contribution in [0.1, 0.15) is 49.6 Å². The molecule has 0 aliphatic rings. The Balaban J connectivity index is 3.21. The van der Waals surface area contributed by atoms with Crippen molar-refractivity contribution in [3.05, 3.63) is 29.3 Å². The summed E-state index contributed by atoms with van der Waals surface area (Å²) >= 11 is 6.33. The van der Waals surface area contributed by atoms with E-state index in [1.165, 1.54) is 16.3 Å². The first-order valence-corrected chi connectivity index (χ1v) is 6.75. The van der Waals surface area contributed by atoms with E-state index in [-0.39, 0.29) is 5.38 Å². The third kappa shape index (κ3) is 2.40. The number of halogens is 1. The predicted octanol–water partition coefficient (Wildman–Crippen LogP) is 2.49. The summed E-state index contributed by atoms with van der Waals surface area (Å²) in [6.07, 6.45) is 1.01. The highest BCUT2D eigenvalue weighted by molar-refractivity contribution is 6.33. The number of hydrogen-bond donors (Lipinski definition) is 0. The van der Waals surface area contributed by atoms with Crippen molar-refractivity contribution in [3.63, 3.8) is 0 Å². The minimum absolute atomic E-state index is 0.182. The molecule has 0 heterocycles. The average Bonchev–Trinajstić information content (AvgIpc) is 2.15. The molecule has 0 aliphatic heterocycles. The van der Waals surface area contributed by atoms with Gasteiger partial charge in [-0.2, -0.15) is 0 Å². The van der Waals surface area contributed by atoms with E-state index in [1.54, 1.807) is 0 Å². The molecule has 0 saturated heterocycles. The van der Waals surface area contributed by atoms with Crippen LogP contribution < -0.4 is 5.19 Å². The summed E-state index contributed by atoms with van der Waals surface area (Å²) in [5.41, 5.74) is 2.83. The lowest BCUT2D eigenvalue weighted by molar-refractivity contribution is 0.811. The van der Waals surface area contributed by atoms with E-state index in [9.17, 15) is 0 Å². The van der Waals surface area contributed by atoms with Crippen LogP contribution in [0, 0.1) is 0 Å². The molecule has 0 radical (unpaired) electrons. The smallest absolute Gasteiger partial charge is 0.0585 e. The molecule has 0 amide bonds. The molecule has 1 aromatic carbocycles. The molecule has 0 saturated carbocycles. The molecule has 0 bridgehead atoms. The SMILES string of the molecule is CCC(Cl)c1cccc([SiH3])c1C(C)C. The van der Waals surface area contributed by atoms with Crippen molar-refractivity contribution in [2.24, 2.45) is 0 Å². The van der Waals surface area contributed by atoms with E-state index >= 15 is 0 Å². The van der Waals surface area contributed by atoms with Gasteiger partial charge in [-0.05, 0) is 23.5 Å². The van der Waals surface area contributed by atoms with Gasteiger partial charge in [-0.3, -0.25) is 0 Å². The van der Waals surface area contributed by atoms with Crippen LogP contribution in [0.15, 0.2) is 18.2 Å². The average molecular weight is 227 g/mol. The first-order valence-electron chi connectivity index (χ1n) is 5.31. The maximum absolute atomic E-state index is 6.33. The molecule has 0 spiro atoms. The highest BCUT2D eigenvalue weighted by Crippen LogP contribution is 2.29. The molecule has 1 rings (SSSR count). The Labute approximate surface area is 95.1 Å². The van der Waals surface area contributed by atoms with Crippen molar-refractivity contribution in [2.75, 3.05) is 0 Å². The van der Waals surface area contributed by atoms with Gasteiger partial charge < -0.3 is 0 Å². The zero-order valence-electron chi connectivity index (χ0n) is 9.47. The Morgan fingerprint density at radius 1 is 1.36 bits per heavy atom. The molecule has 0 nitrogen and oxygen atoms in total. The second kappa shape index (κ2) is 4.99. The summed E-state index contributed by atoms with van der Waals surface area (Å²) in [4.78, 5) is 0. The maximum Gasteiger partial charge on any atom is 0.0585 e. The summed E-state index contributed by atoms with van der Waals surface area (Å²) in [5, 5.41) is 1.68. The fourth-order valence-electron chi connectivity index (χ4n) is 1.99. The van der Waals surface area contributed by atoms with Crippen LogP contribution >= 0.6 is 11.6 Å². The Morgan fingerprint density at radius 3 is 2.50 bits per heavy atom. The molecule has 1 atom stereocenters. The van der Waals surface area contributed by atoms with Crippen molar-refractivity contribution >= 4 is 27.0 Å². The highest BCUT2D eigenvalue weighted by atomic mass is 35.5. The first-order chi connectivity index (χ1) is 6.57. The van der Waals surface area contributed by atoms with E-state index in [2.05, 4.69) is 39.0 Å². The molecule has 1 unspecified atom stereocenters. The Morgan fingerprint density at radius 2 is 2.00 bits per heavy atom. The van der Waals surface area contributed by atoms with Gasteiger partial charge >= 0.3 is 0 Å². The topological polar surface area (TPSA) is 0 Å². The van der Waals surface area contributed by atoms with Crippen LogP contribution in [0.5, 0.6) is 0 Å². The quantitative estimate of drug-likeness (QED) is 0.549. The van der Waals surface area contributed by atoms with E-state index in [4.69, 9.17) is 11.6 Å². The lowest BCUT2D eigenvalue weighted by Crippen LogP contribution is -2.15. The summed E-state index contributed by atoms with van der Waals surface area (Å²) < 4.78 is 0. The lowest BCUT2D eigenvalue weighted by atomic mass is 9.94. The van der Waals surface area contributed by atoms with Gasteiger partial charge in [-0.15, -0.1) is 11.6 Å². The summed E-state index contributed by atoms with van der Waals surface area (Å²) in [6, 6.07) is 6.54. The van der Waals surface area contributed by atoms with Crippen LogP contribution in [0.25, 0.3) is 0 Å². The van der Waals surface area contributed by atoms with Gasteiger partial charge in [0.15, 0.2) is 0 Å². The summed E-state index contributed by atoms with van der Waals surface area (Å²) in [5.74, 6) is 0.589. The van der Waals surface area contributed by atoms with Crippen LogP contribution in [0.3, 0.4) is 0 Å². The molecule has 14 heavy (non-hydrogen) atoms. The number of alkyl halides is 1. The van der Waals surface area contributed by atoms with Gasteiger partial charge in [0, 0.05) is 10.2 Å². The first kappa shape index (κ1) is 11.8. The van der Waals surface area contributed by atoms with Crippen LogP contribution in [0.4, 0.5) is 0 Å². The van der Waals surface area contributed by atoms with E-state index in [1.807, 2.05) is 0 Å². The summed E-state index contributed by atoms with van der Waals surface area (Å²) in [7, 11) is 1.11. The van der Waals surface area contributed by atoms with E-state index in [0.29, 0.717) is 5.92 Å². The Hall–Kier alpha value is -0.273. The molecule has 1 aromatic rings. The van der Waals surface area contributed by atoms with Crippen LogP contribution in [0.2, 0.25) is 0 Å². The molecule has 0 aliphatic carbocycles.